The topological polar surface area (TPSA) is 67.8 Å². The minimum Gasteiger partial charge on any atom is -0.369 e. The molecule has 0 saturated carbocycles. The predicted octanol–water partition coefficient (Wildman–Crippen LogP) is 1.24. The van der Waals surface area contributed by atoms with E-state index in [4.69, 9.17) is 28.9 Å². The van der Waals surface area contributed by atoms with Gasteiger partial charge in [-0.1, -0.05) is 23.2 Å². The summed E-state index contributed by atoms with van der Waals surface area (Å²) >= 11 is 11.0. The van der Waals surface area contributed by atoms with E-state index in [9.17, 15) is 4.79 Å². The van der Waals surface area contributed by atoms with Gasteiger partial charge in [-0.05, 0) is 6.08 Å². The average Bonchev–Trinajstić information content (AvgIpc) is 1.84. The van der Waals surface area contributed by atoms with Crippen LogP contribution in [0.2, 0.25) is 0 Å². The molecule has 0 bridgehead atoms. The van der Waals surface area contributed by atoms with Crippen LogP contribution in [0.15, 0.2) is 21.3 Å². The third-order valence-corrected chi connectivity index (χ3v) is 1.21. The van der Waals surface area contributed by atoms with Crippen LogP contribution >= 0.6 is 23.2 Å². The van der Waals surface area contributed by atoms with Crippen LogP contribution < -0.4 is 5.73 Å². The molecule has 0 aliphatic heterocycles. The second-order valence-corrected chi connectivity index (χ2v) is 2.67. The van der Waals surface area contributed by atoms with E-state index in [1.165, 1.54) is 6.08 Å². The van der Waals surface area contributed by atoms with Gasteiger partial charge in [0.2, 0.25) is 5.91 Å². The molecule has 66 valence electrons. The van der Waals surface area contributed by atoms with E-state index in [0.29, 0.717) is 0 Å². The first-order valence-corrected chi connectivity index (χ1v) is 3.65. The highest BCUT2D eigenvalue weighted by atomic mass is 35.5. The lowest BCUT2D eigenvalue weighted by atomic mass is 10.3. The van der Waals surface area contributed by atoms with Crippen molar-refractivity contribution in [3.8, 4) is 0 Å². The second kappa shape index (κ2) is 5.74. The summed E-state index contributed by atoms with van der Waals surface area (Å²) in [7, 11) is 0. The first-order chi connectivity index (χ1) is 5.56. The SMILES string of the molecule is C=N/N=C(Cl)\C=C(\Cl)CC(N)=O. The van der Waals surface area contributed by atoms with Gasteiger partial charge in [0.05, 0.1) is 6.42 Å². The lowest BCUT2D eigenvalue weighted by molar-refractivity contribution is -0.117. The number of nitrogens with zero attached hydrogens (tertiary/aromatic N) is 2. The largest absolute Gasteiger partial charge is 0.369 e. The molecule has 0 fully saturated rings. The molecule has 0 aromatic carbocycles. The van der Waals surface area contributed by atoms with Crippen LogP contribution in [0.1, 0.15) is 6.42 Å². The summed E-state index contributed by atoms with van der Waals surface area (Å²) in [5.41, 5.74) is 4.86. The number of nitrogens with two attached hydrogens (primary N) is 1. The normalized spacial score (nSPS) is 12.8. The standard InChI is InChI=1S/C6H7Cl2N3O/c1-10-11-5(8)2-4(7)3-6(9)12/h2H,1,3H2,(H2,9,12)/b4-2+,11-5+. The fraction of sp³-hybridized carbons (Fsp3) is 0.167. The van der Waals surface area contributed by atoms with Crippen molar-refractivity contribution in [3.63, 3.8) is 0 Å². The highest BCUT2D eigenvalue weighted by Crippen LogP contribution is 2.07. The molecular weight excluding hydrogens is 201 g/mol. The van der Waals surface area contributed by atoms with E-state index in [2.05, 4.69) is 16.9 Å². The molecular formula is C6H7Cl2N3O. The Labute approximate surface area is 79.7 Å². The van der Waals surface area contributed by atoms with Crippen LogP contribution in [-0.2, 0) is 4.79 Å². The number of amides is 1. The highest BCUT2D eigenvalue weighted by Gasteiger charge is 1.99. The van der Waals surface area contributed by atoms with Gasteiger partial charge < -0.3 is 5.73 Å². The summed E-state index contributed by atoms with van der Waals surface area (Å²) < 4.78 is 0. The molecule has 0 atom stereocenters. The third kappa shape index (κ3) is 5.88. The van der Waals surface area contributed by atoms with Crippen LogP contribution in [-0.4, -0.2) is 17.8 Å². The van der Waals surface area contributed by atoms with Gasteiger partial charge in [0.25, 0.3) is 0 Å². The Bertz CT molecular complexity index is 247. The molecule has 4 nitrogen and oxygen atoms in total. The fourth-order valence-corrected chi connectivity index (χ4v) is 0.919. The molecule has 0 unspecified atom stereocenters. The Hall–Kier alpha value is -0.870. The average molecular weight is 208 g/mol. The van der Waals surface area contributed by atoms with Crippen molar-refractivity contribution in [2.24, 2.45) is 15.9 Å². The Balaban J connectivity index is 4.24. The molecule has 1 amide bonds. The van der Waals surface area contributed by atoms with Crippen LogP contribution in [0.25, 0.3) is 0 Å². The summed E-state index contributed by atoms with van der Waals surface area (Å²) in [6, 6.07) is 0. The van der Waals surface area contributed by atoms with Gasteiger partial charge >= 0.3 is 0 Å². The van der Waals surface area contributed by atoms with E-state index < -0.39 is 5.91 Å². The maximum absolute atomic E-state index is 10.3. The molecule has 12 heavy (non-hydrogen) atoms. The van der Waals surface area contributed by atoms with Crippen molar-refractivity contribution in [1.82, 2.24) is 0 Å². The summed E-state index contributed by atoms with van der Waals surface area (Å²) in [6.45, 7) is 3.08. The first kappa shape index (κ1) is 11.1. The van der Waals surface area contributed by atoms with Gasteiger partial charge in [-0.3, -0.25) is 4.79 Å². The number of primary amides is 1. The van der Waals surface area contributed by atoms with Crippen molar-refractivity contribution in [3.05, 3.63) is 11.1 Å². The first-order valence-electron chi connectivity index (χ1n) is 2.90. The zero-order valence-corrected chi connectivity index (χ0v) is 7.64. The monoisotopic (exact) mass is 207 g/mol. The molecule has 0 aliphatic rings. The van der Waals surface area contributed by atoms with Crippen molar-refractivity contribution in [2.75, 3.05) is 0 Å². The van der Waals surface area contributed by atoms with Gasteiger partial charge in [-0.25, -0.2) is 0 Å². The van der Waals surface area contributed by atoms with Gasteiger partial charge in [-0.2, -0.15) is 5.10 Å². The van der Waals surface area contributed by atoms with Crippen LogP contribution in [0.4, 0.5) is 0 Å². The Morgan fingerprint density at radius 3 is 2.58 bits per heavy atom. The zero-order chi connectivity index (χ0) is 9.56. The fourth-order valence-electron chi connectivity index (χ4n) is 0.443. The molecule has 6 heteroatoms. The summed E-state index contributed by atoms with van der Waals surface area (Å²) in [6.07, 6.45) is 1.22. The molecule has 0 rings (SSSR count). The number of hydrogen-bond acceptors (Lipinski definition) is 3. The molecule has 0 radical (unpaired) electrons. The molecule has 0 aromatic heterocycles. The van der Waals surface area contributed by atoms with Gasteiger partial charge in [0, 0.05) is 11.7 Å². The van der Waals surface area contributed by atoms with E-state index in [0.717, 1.165) is 0 Å². The van der Waals surface area contributed by atoms with E-state index in [-0.39, 0.29) is 16.6 Å². The lowest BCUT2D eigenvalue weighted by Crippen LogP contribution is -2.09. The number of halogens is 2. The minimum atomic E-state index is -0.535. The van der Waals surface area contributed by atoms with Crippen LogP contribution in [0.5, 0.6) is 0 Å². The highest BCUT2D eigenvalue weighted by molar-refractivity contribution is 6.69. The maximum atomic E-state index is 10.3. The molecule has 0 saturated heterocycles. The summed E-state index contributed by atoms with van der Waals surface area (Å²) in [4.78, 5) is 10.3. The molecule has 0 aromatic rings. The molecule has 0 aliphatic carbocycles. The van der Waals surface area contributed by atoms with E-state index in [1.807, 2.05) is 0 Å². The number of rotatable bonds is 4. The van der Waals surface area contributed by atoms with Crippen molar-refractivity contribution < 1.29 is 4.79 Å². The number of carbonyl (C=O) groups is 1. The summed E-state index contributed by atoms with van der Waals surface area (Å²) in [5, 5.41) is 6.77. The van der Waals surface area contributed by atoms with Crippen molar-refractivity contribution in [1.29, 1.82) is 0 Å². The number of hydrogen-bond donors (Lipinski definition) is 1. The Morgan fingerprint density at radius 1 is 1.58 bits per heavy atom. The Morgan fingerprint density at radius 2 is 2.17 bits per heavy atom. The Kier molecular flexibility index (Phi) is 5.32. The quantitative estimate of drug-likeness (QED) is 0.547. The smallest absolute Gasteiger partial charge is 0.222 e. The van der Waals surface area contributed by atoms with Crippen LogP contribution in [0.3, 0.4) is 0 Å². The molecule has 2 N–H and O–H groups in total. The van der Waals surface area contributed by atoms with E-state index >= 15 is 0 Å². The third-order valence-electron chi connectivity index (χ3n) is 0.785. The van der Waals surface area contributed by atoms with Crippen molar-refractivity contribution in [2.45, 2.75) is 6.42 Å². The van der Waals surface area contributed by atoms with Gasteiger partial charge in [-0.15, -0.1) is 5.10 Å². The molecule has 0 spiro atoms. The lowest BCUT2D eigenvalue weighted by Gasteiger charge is -1.91. The van der Waals surface area contributed by atoms with Gasteiger partial charge in [0.15, 0.2) is 5.17 Å². The zero-order valence-electron chi connectivity index (χ0n) is 6.13. The van der Waals surface area contributed by atoms with Gasteiger partial charge in [0.1, 0.15) is 0 Å². The van der Waals surface area contributed by atoms with E-state index in [1.54, 1.807) is 0 Å². The second-order valence-electron chi connectivity index (χ2n) is 1.80. The minimum absolute atomic E-state index is 0.0521. The molecule has 0 heterocycles. The maximum Gasteiger partial charge on any atom is 0.222 e. The van der Waals surface area contributed by atoms with Crippen LogP contribution in [0, 0.1) is 0 Å². The number of carbonyl (C=O) groups excluding carboxylic acids is 1. The summed E-state index contributed by atoms with van der Waals surface area (Å²) in [5.74, 6) is -0.535. The predicted molar refractivity (Wildman–Crippen MR) is 50.6 cm³/mol. The van der Waals surface area contributed by atoms with Crippen molar-refractivity contribution >= 4 is 41.0 Å². The number of allylic oxidation sites excluding steroid dienone is 1.